The molecule has 2 atom stereocenters. The smallest absolute Gasteiger partial charge is 0.0702 e. The molecule has 19 heavy (non-hydrogen) atoms. The van der Waals surface area contributed by atoms with Crippen molar-refractivity contribution in [3.8, 4) is 0 Å². The van der Waals surface area contributed by atoms with E-state index in [1.807, 2.05) is 12.1 Å². The highest BCUT2D eigenvalue weighted by atomic mass is 16.3. The number of aliphatic hydroxyl groups excluding tert-OH is 1. The molecule has 0 amide bonds. The Kier molecular flexibility index (Phi) is 3.76. The Morgan fingerprint density at radius 1 is 1.21 bits per heavy atom. The van der Waals surface area contributed by atoms with E-state index in [0.717, 1.165) is 18.7 Å². The van der Waals surface area contributed by atoms with Crippen molar-refractivity contribution in [1.29, 1.82) is 0 Å². The number of benzene rings is 1. The first-order chi connectivity index (χ1) is 9.29. The van der Waals surface area contributed by atoms with Gasteiger partial charge in [-0.05, 0) is 32.4 Å². The molecule has 0 radical (unpaired) electrons. The van der Waals surface area contributed by atoms with Crippen molar-refractivity contribution in [2.75, 3.05) is 24.5 Å². The van der Waals surface area contributed by atoms with Gasteiger partial charge in [0.05, 0.1) is 6.61 Å². The van der Waals surface area contributed by atoms with Crippen LogP contribution in [0.3, 0.4) is 0 Å². The van der Waals surface area contributed by atoms with Gasteiger partial charge in [-0.15, -0.1) is 0 Å². The molecule has 0 saturated carbocycles. The number of hydrogen-bond acceptors (Lipinski definition) is 3. The lowest BCUT2D eigenvalue weighted by Gasteiger charge is -2.48. The summed E-state index contributed by atoms with van der Waals surface area (Å²) in [7, 11) is 0. The van der Waals surface area contributed by atoms with E-state index >= 15 is 0 Å². The number of para-hydroxylation sites is 1. The SMILES string of the molecule is CC1CN2CCCCC2CN1c1ccccc1CO. The molecule has 3 rings (SSSR count). The van der Waals surface area contributed by atoms with Crippen LogP contribution in [0.4, 0.5) is 5.69 Å². The Balaban J connectivity index is 1.83. The van der Waals surface area contributed by atoms with Crippen LogP contribution in [0.25, 0.3) is 0 Å². The van der Waals surface area contributed by atoms with Crippen molar-refractivity contribution in [2.45, 2.75) is 44.9 Å². The molecule has 2 heterocycles. The molecular weight excluding hydrogens is 236 g/mol. The van der Waals surface area contributed by atoms with Gasteiger partial charge in [-0.1, -0.05) is 24.6 Å². The lowest BCUT2D eigenvalue weighted by Crippen LogP contribution is -2.59. The largest absolute Gasteiger partial charge is 0.392 e. The summed E-state index contributed by atoms with van der Waals surface area (Å²) in [5.41, 5.74) is 2.28. The maximum atomic E-state index is 9.53. The summed E-state index contributed by atoms with van der Waals surface area (Å²) in [4.78, 5) is 5.16. The highest BCUT2D eigenvalue weighted by Gasteiger charge is 2.33. The van der Waals surface area contributed by atoms with Crippen LogP contribution in [0.1, 0.15) is 31.7 Å². The van der Waals surface area contributed by atoms with Gasteiger partial charge in [0, 0.05) is 36.4 Å². The Morgan fingerprint density at radius 2 is 2.05 bits per heavy atom. The second-order valence-electron chi connectivity index (χ2n) is 5.93. The normalized spacial score (nSPS) is 28.2. The van der Waals surface area contributed by atoms with E-state index in [-0.39, 0.29) is 6.61 Å². The summed E-state index contributed by atoms with van der Waals surface area (Å²) in [6.45, 7) is 5.97. The van der Waals surface area contributed by atoms with E-state index in [1.165, 1.54) is 31.5 Å². The molecule has 2 aliphatic heterocycles. The molecule has 104 valence electrons. The van der Waals surface area contributed by atoms with E-state index in [4.69, 9.17) is 0 Å². The number of fused-ring (bicyclic) bond motifs is 1. The molecule has 3 heteroatoms. The molecule has 1 aromatic rings. The summed E-state index contributed by atoms with van der Waals surface area (Å²) >= 11 is 0. The first kappa shape index (κ1) is 12.9. The predicted octanol–water partition coefficient (Wildman–Crippen LogP) is 2.24. The van der Waals surface area contributed by atoms with Gasteiger partial charge >= 0.3 is 0 Å². The minimum absolute atomic E-state index is 0.133. The average molecular weight is 260 g/mol. The van der Waals surface area contributed by atoms with E-state index < -0.39 is 0 Å². The van der Waals surface area contributed by atoms with Gasteiger partial charge in [-0.3, -0.25) is 4.90 Å². The van der Waals surface area contributed by atoms with Crippen LogP contribution < -0.4 is 4.90 Å². The maximum Gasteiger partial charge on any atom is 0.0702 e. The van der Waals surface area contributed by atoms with E-state index in [2.05, 4.69) is 28.9 Å². The third-order valence-electron chi connectivity index (χ3n) is 4.66. The molecule has 2 unspecified atom stereocenters. The predicted molar refractivity (Wildman–Crippen MR) is 78.4 cm³/mol. The quantitative estimate of drug-likeness (QED) is 0.883. The molecule has 2 saturated heterocycles. The third-order valence-corrected chi connectivity index (χ3v) is 4.66. The monoisotopic (exact) mass is 260 g/mol. The molecule has 2 aliphatic rings. The molecule has 0 spiro atoms. The molecule has 1 N–H and O–H groups in total. The standard InChI is InChI=1S/C16H24N2O/c1-13-10-17-9-5-4-7-15(17)11-18(13)16-8-3-2-6-14(16)12-19/h2-3,6,8,13,15,19H,4-5,7,9-12H2,1H3. The van der Waals surface area contributed by atoms with Gasteiger partial charge in [0.1, 0.15) is 0 Å². The Hall–Kier alpha value is -1.06. The van der Waals surface area contributed by atoms with E-state index in [9.17, 15) is 5.11 Å². The summed E-state index contributed by atoms with van der Waals surface area (Å²) in [5, 5.41) is 9.53. The first-order valence-electron chi connectivity index (χ1n) is 7.49. The summed E-state index contributed by atoms with van der Waals surface area (Å²) in [6.07, 6.45) is 4.05. The summed E-state index contributed by atoms with van der Waals surface area (Å²) in [5.74, 6) is 0. The Labute approximate surface area is 115 Å². The van der Waals surface area contributed by atoms with Crippen molar-refractivity contribution in [3.63, 3.8) is 0 Å². The lowest BCUT2D eigenvalue weighted by molar-refractivity contribution is 0.115. The van der Waals surface area contributed by atoms with E-state index in [1.54, 1.807) is 0 Å². The summed E-state index contributed by atoms with van der Waals surface area (Å²) in [6, 6.07) is 9.51. The van der Waals surface area contributed by atoms with Crippen molar-refractivity contribution >= 4 is 5.69 Å². The Morgan fingerprint density at radius 3 is 2.89 bits per heavy atom. The second kappa shape index (κ2) is 5.51. The number of nitrogens with zero attached hydrogens (tertiary/aromatic N) is 2. The van der Waals surface area contributed by atoms with Gasteiger partial charge in [-0.25, -0.2) is 0 Å². The zero-order valence-corrected chi connectivity index (χ0v) is 11.8. The zero-order valence-electron chi connectivity index (χ0n) is 11.8. The lowest BCUT2D eigenvalue weighted by atomic mass is 9.96. The van der Waals surface area contributed by atoms with Gasteiger partial charge in [-0.2, -0.15) is 0 Å². The number of hydrogen-bond donors (Lipinski definition) is 1. The van der Waals surface area contributed by atoms with E-state index in [0.29, 0.717) is 12.1 Å². The van der Waals surface area contributed by atoms with Crippen molar-refractivity contribution in [3.05, 3.63) is 29.8 Å². The maximum absolute atomic E-state index is 9.53. The van der Waals surface area contributed by atoms with Gasteiger partial charge in [0.25, 0.3) is 0 Å². The third kappa shape index (κ3) is 2.49. The minimum Gasteiger partial charge on any atom is -0.392 e. The average Bonchev–Trinajstić information content (AvgIpc) is 2.46. The van der Waals surface area contributed by atoms with Crippen LogP contribution in [0.5, 0.6) is 0 Å². The number of aliphatic hydroxyl groups is 1. The van der Waals surface area contributed by atoms with Crippen molar-refractivity contribution < 1.29 is 5.11 Å². The molecule has 0 aliphatic carbocycles. The fourth-order valence-electron chi connectivity index (χ4n) is 3.61. The van der Waals surface area contributed by atoms with Crippen LogP contribution >= 0.6 is 0 Å². The van der Waals surface area contributed by atoms with Gasteiger partial charge in [0.2, 0.25) is 0 Å². The minimum atomic E-state index is 0.133. The topological polar surface area (TPSA) is 26.7 Å². The first-order valence-corrected chi connectivity index (χ1v) is 7.49. The number of rotatable bonds is 2. The molecule has 1 aromatic carbocycles. The molecule has 2 fully saturated rings. The molecular formula is C16H24N2O. The highest BCUT2D eigenvalue weighted by Crippen LogP contribution is 2.30. The molecule has 3 nitrogen and oxygen atoms in total. The highest BCUT2D eigenvalue weighted by molar-refractivity contribution is 5.54. The molecule has 0 aromatic heterocycles. The van der Waals surface area contributed by atoms with Crippen molar-refractivity contribution in [1.82, 2.24) is 4.90 Å². The van der Waals surface area contributed by atoms with Crippen molar-refractivity contribution in [2.24, 2.45) is 0 Å². The molecule has 0 bridgehead atoms. The Bertz CT molecular complexity index is 435. The number of piperazine rings is 1. The number of piperidine rings is 1. The van der Waals surface area contributed by atoms with Gasteiger partial charge in [0.15, 0.2) is 0 Å². The van der Waals surface area contributed by atoms with Crippen LogP contribution in [0.15, 0.2) is 24.3 Å². The van der Waals surface area contributed by atoms with Gasteiger partial charge < -0.3 is 10.0 Å². The van der Waals surface area contributed by atoms with Crippen LogP contribution in [0.2, 0.25) is 0 Å². The fourth-order valence-corrected chi connectivity index (χ4v) is 3.61. The van der Waals surface area contributed by atoms with Crippen LogP contribution in [-0.4, -0.2) is 41.7 Å². The second-order valence-corrected chi connectivity index (χ2v) is 5.93. The van der Waals surface area contributed by atoms with Crippen LogP contribution in [-0.2, 0) is 6.61 Å². The fraction of sp³-hybridized carbons (Fsp3) is 0.625. The number of anilines is 1. The zero-order chi connectivity index (χ0) is 13.2. The summed E-state index contributed by atoms with van der Waals surface area (Å²) < 4.78 is 0. The van der Waals surface area contributed by atoms with Crippen LogP contribution in [0, 0.1) is 0 Å².